The highest BCUT2D eigenvalue weighted by Gasteiger charge is 2.29. The Bertz CT molecular complexity index is 681. The Morgan fingerprint density at radius 3 is 2.91 bits per heavy atom. The number of thiophene rings is 1. The molecule has 0 radical (unpaired) electrons. The molecule has 1 fully saturated rings. The molecule has 2 aromatic heterocycles. The highest BCUT2D eigenvalue weighted by atomic mass is 32.1. The number of rotatable bonds is 2. The van der Waals surface area contributed by atoms with Gasteiger partial charge in [0.2, 0.25) is 5.95 Å². The van der Waals surface area contributed by atoms with Crippen molar-refractivity contribution in [3.05, 3.63) is 39.8 Å². The van der Waals surface area contributed by atoms with Gasteiger partial charge in [0.25, 0.3) is 0 Å². The van der Waals surface area contributed by atoms with E-state index in [-0.39, 0.29) is 11.7 Å². The Morgan fingerprint density at radius 2 is 2.14 bits per heavy atom. The topological polar surface area (TPSA) is 55.3 Å². The van der Waals surface area contributed by atoms with E-state index < -0.39 is 0 Å². The molecule has 22 heavy (non-hydrogen) atoms. The van der Waals surface area contributed by atoms with Gasteiger partial charge >= 0.3 is 0 Å². The molecule has 0 unspecified atom stereocenters. The summed E-state index contributed by atoms with van der Waals surface area (Å²) >= 11 is 1.72. The minimum atomic E-state index is 0.160. The van der Waals surface area contributed by atoms with Crippen LogP contribution in [0.1, 0.15) is 33.3 Å². The summed E-state index contributed by atoms with van der Waals surface area (Å²) in [7, 11) is 0. The second-order valence-corrected chi connectivity index (χ2v) is 6.65. The largest absolute Gasteiger partial charge is 0.378 e. The van der Waals surface area contributed by atoms with Crippen molar-refractivity contribution < 1.29 is 9.53 Å². The van der Waals surface area contributed by atoms with Gasteiger partial charge in [0, 0.05) is 36.5 Å². The molecule has 3 heterocycles. The van der Waals surface area contributed by atoms with Gasteiger partial charge in [0.05, 0.1) is 24.5 Å². The summed E-state index contributed by atoms with van der Waals surface area (Å²) < 4.78 is 5.37. The molecule has 0 bridgehead atoms. The van der Waals surface area contributed by atoms with Gasteiger partial charge in [-0.3, -0.25) is 4.79 Å². The first kappa shape index (κ1) is 13.8. The van der Waals surface area contributed by atoms with Crippen LogP contribution in [0.5, 0.6) is 0 Å². The first-order chi connectivity index (χ1) is 10.8. The minimum Gasteiger partial charge on any atom is -0.378 e. The second kappa shape index (κ2) is 5.78. The number of hydrogen-bond donors (Lipinski definition) is 0. The number of hydrogen-bond acceptors (Lipinski definition) is 6. The van der Waals surface area contributed by atoms with Crippen LogP contribution in [0.3, 0.4) is 0 Å². The van der Waals surface area contributed by atoms with E-state index >= 15 is 0 Å². The standard InChI is InChI=1S/C16H17N3O2S/c20-14-9-11(15-2-1-7-22-15)8-13-12(14)10-17-16(18-13)19-3-5-21-6-4-19/h1-2,7,10-11H,3-6,8-9H2/t11-/m1/s1. The van der Waals surface area contributed by atoms with Gasteiger partial charge in [0.15, 0.2) is 5.78 Å². The number of aromatic nitrogens is 2. The molecule has 5 nitrogen and oxygen atoms in total. The van der Waals surface area contributed by atoms with Gasteiger partial charge in [-0.15, -0.1) is 11.3 Å². The van der Waals surface area contributed by atoms with E-state index in [1.165, 1.54) is 4.88 Å². The molecular weight excluding hydrogens is 298 g/mol. The number of fused-ring (bicyclic) bond motifs is 1. The van der Waals surface area contributed by atoms with Gasteiger partial charge < -0.3 is 9.64 Å². The molecule has 1 atom stereocenters. The molecule has 6 heteroatoms. The maximum Gasteiger partial charge on any atom is 0.225 e. The lowest BCUT2D eigenvalue weighted by Gasteiger charge is -2.28. The van der Waals surface area contributed by atoms with E-state index in [0.29, 0.717) is 25.2 Å². The lowest BCUT2D eigenvalue weighted by molar-refractivity contribution is 0.0963. The minimum absolute atomic E-state index is 0.160. The third-order valence-corrected chi connectivity index (χ3v) is 5.30. The highest BCUT2D eigenvalue weighted by Crippen LogP contribution is 2.34. The van der Waals surface area contributed by atoms with Crippen LogP contribution in [0.2, 0.25) is 0 Å². The summed E-state index contributed by atoms with van der Waals surface area (Å²) in [5.74, 6) is 1.14. The average Bonchev–Trinajstić information content (AvgIpc) is 3.09. The van der Waals surface area contributed by atoms with Gasteiger partial charge in [0.1, 0.15) is 0 Å². The fourth-order valence-electron chi connectivity index (χ4n) is 3.07. The van der Waals surface area contributed by atoms with Crippen LogP contribution in [-0.4, -0.2) is 42.1 Å². The average molecular weight is 315 g/mol. The molecule has 1 saturated heterocycles. The first-order valence-corrected chi connectivity index (χ1v) is 8.44. The van der Waals surface area contributed by atoms with Crippen molar-refractivity contribution in [2.24, 2.45) is 0 Å². The van der Waals surface area contributed by atoms with Crippen molar-refractivity contribution in [2.45, 2.75) is 18.8 Å². The van der Waals surface area contributed by atoms with Crippen LogP contribution in [-0.2, 0) is 11.2 Å². The number of Topliss-reactive ketones (excluding diaryl/α,β-unsaturated/α-hetero) is 1. The fraction of sp³-hybridized carbons (Fsp3) is 0.438. The van der Waals surface area contributed by atoms with Crippen LogP contribution >= 0.6 is 11.3 Å². The van der Waals surface area contributed by atoms with Gasteiger partial charge in [-0.25, -0.2) is 9.97 Å². The Balaban J connectivity index is 1.64. The van der Waals surface area contributed by atoms with Crippen molar-refractivity contribution >= 4 is 23.1 Å². The van der Waals surface area contributed by atoms with E-state index in [2.05, 4.69) is 21.3 Å². The molecule has 0 amide bonds. The lowest BCUT2D eigenvalue weighted by Crippen LogP contribution is -2.37. The first-order valence-electron chi connectivity index (χ1n) is 7.56. The second-order valence-electron chi connectivity index (χ2n) is 5.67. The zero-order valence-corrected chi connectivity index (χ0v) is 13.0. The molecule has 1 aliphatic carbocycles. The zero-order chi connectivity index (χ0) is 14.9. The summed E-state index contributed by atoms with van der Waals surface area (Å²) in [6, 6.07) is 4.15. The number of ketones is 1. The van der Waals surface area contributed by atoms with Crippen LogP contribution in [0.4, 0.5) is 5.95 Å². The molecule has 4 rings (SSSR count). The summed E-state index contributed by atoms with van der Waals surface area (Å²) in [5.41, 5.74) is 1.59. The Morgan fingerprint density at radius 1 is 1.27 bits per heavy atom. The molecule has 0 saturated carbocycles. The number of nitrogens with zero attached hydrogens (tertiary/aromatic N) is 3. The maximum atomic E-state index is 12.4. The SMILES string of the molecule is O=C1C[C@H](c2cccs2)Cc2nc(N3CCOCC3)ncc21. The van der Waals surface area contributed by atoms with E-state index in [4.69, 9.17) is 9.72 Å². The number of anilines is 1. The van der Waals surface area contributed by atoms with E-state index in [0.717, 1.165) is 31.2 Å². The van der Waals surface area contributed by atoms with Crippen LogP contribution < -0.4 is 4.90 Å². The third kappa shape index (κ3) is 2.53. The van der Waals surface area contributed by atoms with Crippen molar-refractivity contribution in [1.82, 2.24) is 9.97 Å². The Hall–Kier alpha value is -1.79. The quantitative estimate of drug-likeness (QED) is 0.851. The van der Waals surface area contributed by atoms with E-state index in [1.807, 2.05) is 6.07 Å². The van der Waals surface area contributed by atoms with Crippen molar-refractivity contribution in [3.8, 4) is 0 Å². The van der Waals surface area contributed by atoms with E-state index in [1.54, 1.807) is 17.5 Å². The number of carbonyl (C=O) groups excluding carboxylic acids is 1. The molecule has 2 aliphatic rings. The van der Waals surface area contributed by atoms with Crippen LogP contribution in [0.15, 0.2) is 23.7 Å². The molecule has 2 aromatic rings. The van der Waals surface area contributed by atoms with Crippen molar-refractivity contribution in [3.63, 3.8) is 0 Å². The third-order valence-electron chi connectivity index (χ3n) is 4.27. The monoisotopic (exact) mass is 315 g/mol. The predicted molar refractivity (Wildman–Crippen MR) is 84.8 cm³/mol. The van der Waals surface area contributed by atoms with Crippen LogP contribution in [0.25, 0.3) is 0 Å². The van der Waals surface area contributed by atoms with Gasteiger partial charge in [-0.1, -0.05) is 6.07 Å². The maximum absolute atomic E-state index is 12.4. The Kier molecular flexibility index (Phi) is 3.63. The van der Waals surface area contributed by atoms with Crippen molar-refractivity contribution in [2.75, 3.05) is 31.2 Å². The van der Waals surface area contributed by atoms with Crippen LogP contribution in [0, 0.1) is 0 Å². The number of carbonyl (C=O) groups is 1. The van der Waals surface area contributed by atoms with Gasteiger partial charge in [-0.05, 0) is 17.9 Å². The normalized spacial score (nSPS) is 21.7. The summed E-state index contributed by atoms with van der Waals surface area (Å²) in [5, 5.41) is 2.06. The molecule has 1 aliphatic heterocycles. The summed E-state index contributed by atoms with van der Waals surface area (Å²) in [6.07, 6.45) is 3.09. The highest BCUT2D eigenvalue weighted by molar-refractivity contribution is 7.10. The summed E-state index contributed by atoms with van der Waals surface area (Å²) in [4.78, 5) is 24.9. The zero-order valence-electron chi connectivity index (χ0n) is 12.2. The lowest BCUT2D eigenvalue weighted by atomic mass is 9.86. The van der Waals surface area contributed by atoms with Gasteiger partial charge in [-0.2, -0.15) is 0 Å². The number of ether oxygens (including phenoxy) is 1. The smallest absolute Gasteiger partial charge is 0.225 e. The molecule has 114 valence electrons. The fourth-order valence-corrected chi connectivity index (χ4v) is 3.91. The molecular formula is C16H17N3O2S. The molecule has 0 aromatic carbocycles. The van der Waals surface area contributed by atoms with Crippen molar-refractivity contribution in [1.29, 1.82) is 0 Å². The van der Waals surface area contributed by atoms with E-state index in [9.17, 15) is 4.79 Å². The number of morpholine rings is 1. The molecule has 0 spiro atoms. The predicted octanol–water partition coefficient (Wildman–Crippen LogP) is 2.29. The Labute approximate surface area is 133 Å². The molecule has 0 N–H and O–H groups in total. The summed E-state index contributed by atoms with van der Waals surface area (Å²) in [6.45, 7) is 3.02.